The van der Waals surface area contributed by atoms with Crippen molar-refractivity contribution in [2.24, 2.45) is 0 Å². The molecule has 1 fully saturated rings. The van der Waals surface area contributed by atoms with Gasteiger partial charge < -0.3 is 5.11 Å². The van der Waals surface area contributed by atoms with Gasteiger partial charge in [0, 0.05) is 5.38 Å². The fourth-order valence-corrected chi connectivity index (χ4v) is 5.42. The number of hydrogen-bond donors (Lipinski definition) is 1. The van der Waals surface area contributed by atoms with E-state index in [1.165, 1.54) is 16.0 Å². The Balaban J connectivity index is 1.39. The van der Waals surface area contributed by atoms with Crippen molar-refractivity contribution in [3.8, 4) is 10.6 Å². The molecule has 0 aromatic carbocycles. The molecule has 0 aliphatic heterocycles. The van der Waals surface area contributed by atoms with Crippen LogP contribution in [0.25, 0.3) is 10.6 Å². The number of Topliss-reactive ketones (excluding diaryl/α,β-unsaturated/α-hetero) is 1. The van der Waals surface area contributed by atoms with E-state index in [0.29, 0.717) is 18.5 Å². The Bertz CT molecular complexity index is 984. The Morgan fingerprint density at radius 1 is 1.25 bits per heavy atom. The number of aliphatic hydroxyl groups is 1. The van der Waals surface area contributed by atoms with Gasteiger partial charge in [-0.1, -0.05) is 24.5 Å². The van der Waals surface area contributed by atoms with Gasteiger partial charge in [0.2, 0.25) is 0 Å². The molecule has 28 heavy (non-hydrogen) atoms. The second kappa shape index (κ2) is 7.81. The van der Waals surface area contributed by atoms with Crippen molar-refractivity contribution in [1.29, 1.82) is 0 Å². The molecule has 1 aliphatic carbocycles. The van der Waals surface area contributed by atoms with Crippen LogP contribution in [0, 0.1) is 13.8 Å². The van der Waals surface area contributed by atoms with Crippen LogP contribution in [-0.4, -0.2) is 35.9 Å². The predicted molar refractivity (Wildman–Crippen MR) is 108 cm³/mol. The van der Waals surface area contributed by atoms with Crippen LogP contribution in [0.2, 0.25) is 0 Å². The number of rotatable bonds is 6. The first-order valence-electron chi connectivity index (χ1n) is 9.46. The normalized spacial score (nSPS) is 16.4. The third-order valence-electron chi connectivity index (χ3n) is 5.07. The van der Waals surface area contributed by atoms with Crippen molar-refractivity contribution in [2.45, 2.75) is 64.5 Å². The molecule has 0 atom stereocenters. The summed E-state index contributed by atoms with van der Waals surface area (Å²) in [5, 5.41) is 22.7. The van der Waals surface area contributed by atoms with E-state index in [2.05, 4.69) is 20.3 Å². The van der Waals surface area contributed by atoms with E-state index < -0.39 is 5.60 Å². The van der Waals surface area contributed by atoms with Gasteiger partial charge in [-0.2, -0.15) is 0 Å². The maximum atomic E-state index is 12.5. The first kappa shape index (κ1) is 19.4. The summed E-state index contributed by atoms with van der Waals surface area (Å²) in [6, 6.07) is 0. The van der Waals surface area contributed by atoms with Crippen LogP contribution in [0.5, 0.6) is 0 Å². The highest BCUT2D eigenvalue weighted by Crippen LogP contribution is 2.35. The molecule has 7 nitrogen and oxygen atoms in total. The van der Waals surface area contributed by atoms with Crippen molar-refractivity contribution >= 4 is 28.5 Å². The Labute approximate surface area is 171 Å². The van der Waals surface area contributed by atoms with E-state index in [1.54, 1.807) is 17.5 Å². The minimum atomic E-state index is -0.894. The molecule has 0 radical (unpaired) electrons. The number of carbonyl (C=O) groups is 1. The van der Waals surface area contributed by atoms with Crippen molar-refractivity contribution in [2.75, 3.05) is 0 Å². The fraction of sp³-hybridized carbons (Fsp3) is 0.526. The van der Waals surface area contributed by atoms with Gasteiger partial charge in [-0.15, -0.1) is 27.8 Å². The molecule has 3 aromatic rings. The van der Waals surface area contributed by atoms with Crippen LogP contribution in [-0.2, 0) is 23.4 Å². The number of ketones is 1. The third kappa shape index (κ3) is 4.06. The van der Waals surface area contributed by atoms with Crippen molar-refractivity contribution < 1.29 is 9.90 Å². The van der Waals surface area contributed by atoms with Gasteiger partial charge in [0.15, 0.2) is 5.78 Å². The van der Waals surface area contributed by atoms with E-state index in [0.717, 1.165) is 45.5 Å². The summed E-state index contributed by atoms with van der Waals surface area (Å²) in [6.07, 6.45) is 6.52. The molecule has 1 N–H and O–H groups in total. The molecule has 0 saturated heterocycles. The van der Waals surface area contributed by atoms with Gasteiger partial charge in [-0.05, 0) is 26.7 Å². The van der Waals surface area contributed by atoms with E-state index in [-0.39, 0.29) is 18.7 Å². The van der Waals surface area contributed by atoms with Gasteiger partial charge in [-0.3, -0.25) is 4.79 Å². The zero-order chi connectivity index (χ0) is 19.7. The molecule has 3 heterocycles. The first-order chi connectivity index (χ1) is 13.4. The molecule has 1 saturated carbocycles. The van der Waals surface area contributed by atoms with Crippen molar-refractivity contribution in [3.63, 3.8) is 0 Å². The van der Waals surface area contributed by atoms with Gasteiger partial charge >= 0.3 is 0 Å². The predicted octanol–water partition coefficient (Wildman–Crippen LogP) is 3.44. The second-order valence-corrected chi connectivity index (χ2v) is 9.53. The molecule has 0 amide bonds. The summed E-state index contributed by atoms with van der Waals surface area (Å²) in [5.41, 5.74) is 1.54. The molecule has 0 spiro atoms. The van der Waals surface area contributed by atoms with Gasteiger partial charge in [0.1, 0.15) is 22.8 Å². The summed E-state index contributed by atoms with van der Waals surface area (Å²) in [4.78, 5) is 22.6. The molecule has 9 heteroatoms. The lowest BCUT2D eigenvalue weighted by Crippen LogP contribution is -2.28. The van der Waals surface area contributed by atoms with Crippen LogP contribution < -0.4 is 0 Å². The average molecular weight is 418 g/mol. The molecule has 0 bridgehead atoms. The fourth-order valence-electron chi connectivity index (χ4n) is 3.65. The summed E-state index contributed by atoms with van der Waals surface area (Å²) in [7, 11) is 0. The van der Waals surface area contributed by atoms with Crippen LogP contribution in [0.3, 0.4) is 0 Å². The van der Waals surface area contributed by atoms with Crippen LogP contribution in [0.1, 0.15) is 53.5 Å². The van der Waals surface area contributed by atoms with Gasteiger partial charge in [-0.25, -0.2) is 14.6 Å². The molecule has 3 aromatic heterocycles. The number of hydrogen-bond acceptors (Lipinski definition) is 8. The lowest BCUT2D eigenvalue weighted by Gasteiger charge is -2.29. The summed E-state index contributed by atoms with van der Waals surface area (Å²) >= 11 is 3.11. The molecular weight excluding hydrogens is 394 g/mol. The first-order valence-corrected chi connectivity index (χ1v) is 11.2. The molecular formula is C19H23N5O2S2. The van der Waals surface area contributed by atoms with Crippen LogP contribution in [0.4, 0.5) is 0 Å². The standard InChI is InChI=1S/C19H23N5O2S2/c1-12-18(28-13(2)20-12)15-11-27-17(21-15)8-14(25)9-24-10-16(22-23-24)19(26)6-4-3-5-7-19/h10-11,26H,3-9H2,1-2H3. The Hall–Kier alpha value is -1.97. The minimum absolute atomic E-state index is 0.0187. The number of aromatic nitrogens is 5. The monoisotopic (exact) mass is 417 g/mol. The number of thiazole rings is 2. The van der Waals surface area contributed by atoms with Crippen LogP contribution in [0.15, 0.2) is 11.6 Å². The maximum absolute atomic E-state index is 12.5. The minimum Gasteiger partial charge on any atom is -0.383 e. The maximum Gasteiger partial charge on any atom is 0.161 e. The van der Waals surface area contributed by atoms with Crippen LogP contribution >= 0.6 is 22.7 Å². The van der Waals surface area contributed by atoms with Gasteiger partial charge in [0.25, 0.3) is 0 Å². The zero-order valence-electron chi connectivity index (χ0n) is 16.0. The van der Waals surface area contributed by atoms with E-state index >= 15 is 0 Å². The largest absolute Gasteiger partial charge is 0.383 e. The van der Waals surface area contributed by atoms with Crippen molar-refractivity contribution in [3.05, 3.63) is 33.0 Å². The smallest absolute Gasteiger partial charge is 0.161 e. The topological polar surface area (TPSA) is 93.8 Å². The zero-order valence-corrected chi connectivity index (χ0v) is 17.6. The van der Waals surface area contributed by atoms with E-state index in [1.807, 2.05) is 19.2 Å². The molecule has 4 rings (SSSR count). The molecule has 148 valence electrons. The highest BCUT2D eigenvalue weighted by atomic mass is 32.1. The number of aryl methyl sites for hydroxylation is 2. The molecule has 0 unspecified atom stereocenters. The second-order valence-electron chi connectivity index (χ2n) is 7.38. The quantitative estimate of drug-likeness (QED) is 0.660. The van der Waals surface area contributed by atoms with Crippen molar-refractivity contribution in [1.82, 2.24) is 25.0 Å². The highest BCUT2D eigenvalue weighted by molar-refractivity contribution is 7.16. The SMILES string of the molecule is Cc1nc(C)c(-c2csc(CC(=O)Cn3cc(C4(O)CCCCC4)nn3)n2)s1. The highest BCUT2D eigenvalue weighted by Gasteiger charge is 2.34. The number of carbonyl (C=O) groups excluding carboxylic acids is 1. The Morgan fingerprint density at radius 2 is 2.04 bits per heavy atom. The van der Waals surface area contributed by atoms with Gasteiger partial charge in [0.05, 0.1) is 33.9 Å². The third-order valence-corrected chi connectivity index (χ3v) is 7.01. The summed E-state index contributed by atoms with van der Waals surface area (Å²) in [6.45, 7) is 4.09. The number of nitrogens with zero attached hydrogens (tertiary/aromatic N) is 5. The lowest BCUT2D eigenvalue weighted by atomic mass is 9.83. The van der Waals surface area contributed by atoms with E-state index in [4.69, 9.17) is 0 Å². The Morgan fingerprint density at radius 3 is 2.75 bits per heavy atom. The average Bonchev–Trinajstić information content (AvgIpc) is 3.36. The summed E-state index contributed by atoms with van der Waals surface area (Å²) < 4.78 is 1.52. The van der Waals surface area contributed by atoms with E-state index in [9.17, 15) is 9.90 Å². The molecule has 1 aliphatic rings. The Kier molecular flexibility index (Phi) is 5.39. The summed E-state index contributed by atoms with van der Waals surface area (Å²) in [5.74, 6) is 0.0187. The lowest BCUT2D eigenvalue weighted by molar-refractivity contribution is -0.119.